The lowest BCUT2D eigenvalue weighted by molar-refractivity contribution is -0.130. The zero-order valence-corrected chi connectivity index (χ0v) is 14.2. The second-order valence-corrected chi connectivity index (χ2v) is 6.40. The van der Waals surface area contributed by atoms with Crippen LogP contribution in [0.4, 0.5) is 0 Å². The molecule has 130 valence electrons. The third-order valence-electron chi connectivity index (χ3n) is 4.71. The van der Waals surface area contributed by atoms with Crippen molar-refractivity contribution >= 4 is 11.9 Å². The van der Waals surface area contributed by atoms with Crippen molar-refractivity contribution in [3.8, 4) is 11.3 Å². The molecule has 1 aliphatic rings. The lowest BCUT2D eigenvalue weighted by Gasteiger charge is -2.31. The quantitative estimate of drug-likeness (QED) is 0.926. The summed E-state index contributed by atoms with van der Waals surface area (Å²) in [5.74, 6) is -0.353. The van der Waals surface area contributed by atoms with E-state index in [9.17, 15) is 14.7 Å². The highest BCUT2D eigenvalue weighted by Gasteiger charge is 2.21. The molecule has 0 saturated carbocycles. The van der Waals surface area contributed by atoms with Gasteiger partial charge in [-0.25, -0.2) is 14.8 Å². The molecule has 1 aromatic heterocycles. The van der Waals surface area contributed by atoms with Crippen LogP contribution in [0.5, 0.6) is 0 Å². The van der Waals surface area contributed by atoms with Gasteiger partial charge in [0, 0.05) is 31.3 Å². The minimum atomic E-state index is -0.965. The number of piperidine rings is 1. The number of hydrogen-bond acceptors (Lipinski definition) is 4. The van der Waals surface area contributed by atoms with E-state index in [2.05, 4.69) is 9.97 Å². The second kappa shape index (κ2) is 7.42. The first kappa shape index (κ1) is 17.1. The Kier molecular flexibility index (Phi) is 5.07. The Hall–Kier alpha value is -2.76. The van der Waals surface area contributed by atoms with E-state index in [0.29, 0.717) is 17.2 Å². The van der Waals surface area contributed by atoms with Crippen LogP contribution >= 0.6 is 0 Å². The van der Waals surface area contributed by atoms with Crippen LogP contribution in [0.3, 0.4) is 0 Å². The van der Waals surface area contributed by atoms with Crippen LogP contribution < -0.4 is 0 Å². The number of nitrogens with zero attached hydrogens (tertiary/aromatic N) is 3. The van der Waals surface area contributed by atoms with E-state index in [1.54, 1.807) is 31.2 Å². The number of aromatic carboxylic acids is 1. The zero-order chi connectivity index (χ0) is 17.8. The number of hydrogen-bond donors (Lipinski definition) is 1. The van der Waals surface area contributed by atoms with Crippen LogP contribution in [0, 0.1) is 5.92 Å². The van der Waals surface area contributed by atoms with Crippen molar-refractivity contribution in [2.24, 2.45) is 5.92 Å². The SMILES string of the molecule is CC(=O)N1CCC(Cc2cc(-c3ccccc3C(=O)O)ncn2)CC1. The number of likely N-dealkylation sites (tertiary alicyclic amines) is 1. The number of rotatable bonds is 4. The van der Waals surface area contributed by atoms with Crippen LogP contribution in [0.25, 0.3) is 11.3 Å². The summed E-state index contributed by atoms with van der Waals surface area (Å²) in [6.07, 6.45) is 4.24. The minimum Gasteiger partial charge on any atom is -0.478 e. The molecular formula is C19H21N3O3. The highest BCUT2D eigenvalue weighted by Crippen LogP contribution is 2.25. The molecule has 0 unspecified atom stereocenters. The van der Waals surface area contributed by atoms with Gasteiger partial charge >= 0.3 is 5.97 Å². The van der Waals surface area contributed by atoms with Gasteiger partial charge < -0.3 is 10.0 Å². The molecule has 1 fully saturated rings. The first-order valence-electron chi connectivity index (χ1n) is 8.43. The standard InChI is InChI=1S/C19H21N3O3/c1-13(23)22-8-6-14(7-9-22)10-15-11-18(21-12-20-15)16-4-2-3-5-17(16)19(24)25/h2-5,11-12,14H,6-10H2,1H3,(H,24,25). The van der Waals surface area contributed by atoms with Crippen molar-refractivity contribution < 1.29 is 14.7 Å². The molecule has 6 nitrogen and oxygen atoms in total. The van der Waals surface area contributed by atoms with Gasteiger partial charge in [0.1, 0.15) is 6.33 Å². The van der Waals surface area contributed by atoms with Gasteiger partial charge in [-0.05, 0) is 37.3 Å². The highest BCUT2D eigenvalue weighted by atomic mass is 16.4. The predicted octanol–water partition coefficient (Wildman–Crippen LogP) is 2.64. The summed E-state index contributed by atoms with van der Waals surface area (Å²) in [7, 11) is 0. The van der Waals surface area contributed by atoms with Gasteiger partial charge in [0.15, 0.2) is 0 Å². The van der Waals surface area contributed by atoms with Gasteiger partial charge in [-0.15, -0.1) is 0 Å². The number of benzene rings is 1. The molecule has 2 aromatic rings. The van der Waals surface area contributed by atoms with Crippen molar-refractivity contribution in [2.75, 3.05) is 13.1 Å². The van der Waals surface area contributed by atoms with Gasteiger partial charge in [0.2, 0.25) is 5.91 Å². The fraction of sp³-hybridized carbons (Fsp3) is 0.368. The number of aromatic nitrogens is 2. The Morgan fingerprint density at radius 2 is 1.92 bits per heavy atom. The largest absolute Gasteiger partial charge is 0.478 e. The molecule has 1 saturated heterocycles. The summed E-state index contributed by atoms with van der Waals surface area (Å²) >= 11 is 0. The molecule has 0 spiro atoms. The number of carboxylic acids is 1. The topological polar surface area (TPSA) is 83.4 Å². The summed E-state index contributed by atoms with van der Waals surface area (Å²) in [6, 6.07) is 8.73. The lowest BCUT2D eigenvalue weighted by atomic mass is 9.91. The molecule has 0 aliphatic carbocycles. The van der Waals surface area contributed by atoms with Crippen LogP contribution in [-0.2, 0) is 11.2 Å². The number of carboxylic acid groups (broad SMARTS) is 1. The predicted molar refractivity (Wildman–Crippen MR) is 93.1 cm³/mol. The maximum atomic E-state index is 11.4. The van der Waals surface area contributed by atoms with Gasteiger partial charge in [-0.2, -0.15) is 0 Å². The first-order valence-corrected chi connectivity index (χ1v) is 8.43. The molecule has 6 heteroatoms. The van der Waals surface area contributed by atoms with Crippen molar-refractivity contribution in [2.45, 2.75) is 26.2 Å². The normalized spacial score (nSPS) is 15.2. The summed E-state index contributed by atoms with van der Waals surface area (Å²) in [6.45, 7) is 3.19. The van der Waals surface area contributed by atoms with E-state index in [1.807, 2.05) is 11.0 Å². The first-order chi connectivity index (χ1) is 12.0. The molecule has 25 heavy (non-hydrogen) atoms. The van der Waals surface area contributed by atoms with Gasteiger partial charge in [0.25, 0.3) is 0 Å². The Bertz CT molecular complexity index is 783. The molecule has 1 aliphatic heterocycles. The van der Waals surface area contributed by atoms with Gasteiger partial charge in [-0.3, -0.25) is 4.79 Å². The second-order valence-electron chi connectivity index (χ2n) is 6.40. The lowest BCUT2D eigenvalue weighted by Crippen LogP contribution is -2.37. The van der Waals surface area contributed by atoms with Gasteiger partial charge in [-0.1, -0.05) is 18.2 Å². The molecular weight excluding hydrogens is 318 g/mol. The van der Waals surface area contributed by atoms with Crippen LogP contribution in [0.1, 0.15) is 35.8 Å². The summed E-state index contributed by atoms with van der Waals surface area (Å²) < 4.78 is 0. The van der Waals surface area contributed by atoms with Crippen molar-refractivity contribution in [3.05, 3.63) is 47.9 Å². The Morgan fingerprint density at radius 1 is 1.20 bits per heavy atom. The smallest absolute Gasteiger partial charge is 0.336 e. The molecule has 1 amide bonds. The maximum Gasteiger partial charge on any atom is 0.336 e. The van der Waals surface area contributed by atoms with Crippen LogP contribution in [0.15, 0.2) is 36.7 Å². The maximum absolute atomic E-state index is 11.4. The fourth-order valence-electron chi connectivity index (χ4n) is 3.30. The zero-order valence-electron chi connectivity index (χ0n) is 14.2. The van der Waals surface area contributed by atoms with E-state index in [-0.39, 0.29) is 11.5 Å². The Balaban J connectivity index is 1.75. The molecule has 1 aromatic carbocycles. The number of amides is 1. The fourth-order valence-corrected chi connectivity index (χ4v) is 3.30. The molecule has 0 atom stereocenters. The van der Waals surface area contributed by atoms with E-state index >= 15 is 0 Å². The summed E-state index contributed by atoms with van der Waals surface area (Å²) in [4.78, 5) is 33.3. The molecule has 2 heterocycles. The Labute approximate surface area is 146 Å². The van der Waals surface area contributed by atoms with Crippen molar-refractivity contribution in [1.82, 2.24) is 14.9 Å². The van der Waals surface area contributed by atoms with E-state index in [4.69, 9.17) is 0 Å². The third-order valence-corrected chi connectivity index (χ3v) is 4.71. The minimum absolute atomic E-state index is 0.132. The monoisotopic (exact) mass is 339 g/mol. The third kappa shape index (κ3) is 4.02. The number of carbonyl (C=O) groups excluding carboxylic acids is 1. The molecule has 3 rings (SSSR count). The van der Waals surface area contributed by atoms with Crippen LogP contribution in [-0.4, -0.2) is 44.9 Å². The van der Waals surface area contributed by atoms with E-state index in [1.165, 1.54) is 6.33 Å². The van der Waals surface area contributed by atoms with Crippen molar-refractivity contribution in [3.63, 3.8) is 0 Å². The van der Waals surface area contributed by atoms with Gasteiger partial charge in [0.05, 0.1) is 11.3 Å². The van der Waals surface area contributed by atoms with E-state index < -0.39 is 5.97 Å². The average molecular weight is 339 g/mol. The Morgan fingerprint density at radius 3 is 2.60 bits per heavy atom. The highest BCUT2D eigenvalue weighted by molar-refractivity contribution is 5.95. The molecule has 0 radical (unpaired) electrons. The summed E-state index contributed by atoms with van der Waals surface area (Å²) in [5.41, 5.74) is 2.38. The summed E-state index contributed by atoms with van der Waals surface area (Å²) in [5, 5.41) is 9.35. The molecule has 1 N–H and O–H groups in total. The van der Waals surface area contributed by atoms with Crippen LogP contribution in [0.2, 0.25) is 0 Å². The van der Waals surface area contributed by atoms with Crippen molar-refractivity contribution in [1.29, 1.82) is 0 Å². The molecule has 0 bridgehead atoms. The number of carbonyl (C=O) groups is 2. The average Bonchev–Trinajstić information content (AvgIpc) is 2.62. The van der Waals surface area contributed by atoms with E-state index in [0.717, 1.165) is 38.0 Å².